The minimum absolute atomic E-state index is 0.126. The van der Waals surface area contributed by atoms with Crippen LogP contribution >= 0.6 is 0 Å². The third-order valence-electron chi connectivity index (χ3n) is 3.67. The number of nitriles is 1. The van der Waals surface area contributed by atoms with E-state index < -0.39 is 0 Å². The first kappa shape index (κ1) is 12.1. The van der Waals surface area contributed by atoms with Gasteiger partial charge in [-0.15, -0.1) is 0 Å². The Labute approximate surface area is 101 Å². The Hall–Kier alpha value is -1.40. The van der Waals surface area contributed by atoms with Crippen molar-refractivity contribution in [2.24, 2.45) is 5.92 Å². The lowest BCUT2D eigenvalue weighted by Gasteiger charge is -2.32. The molecular weight excluding hydrogens is 215 g/mol. The van der Waals surface area contributed by atoms with Crippen molar-refractivity contribution in [1.29, 1.82) is 5.26 Å². The number of benzene rings is 1. The van der Waals surface area contributed by atoms with Gasteiger partial charge in [0.05, 0.1) is 5.56 Å². The highest BCUT2D eigenvalue weighted by Crippen LogP contribution is 2.29. The van der Waals surface area contributed by atoms with Crippen LogP contribution in [0.2, 0.25) is 0 Å². The molecule has 1 saturated carbocycles. The van der Waals surface area contributed by atoms with E-state index in [0.29, 0.717) is 18.2 Å². The predicted octanol–water partition coefficient (Wildman–Crippen LogP) is 2.98. The second-order valence-corrected chi connectivity index (χ2v) is 4.75. The smallest absolute Gasteiger partial charge is 0.145 e. The molecule has 2 rings (SSSR count). The first-order chi connectivity index (χ1) is 8.22. The van der Waals surface area contributed by atoms with E-state index in [1.807, 2.05) is 6.07 Å². The summed E-state index contributed by atoms with van der Waals surface area (Å²) in [5.74, 6) is 0.348. The average molecular weight is 232 g/mol. The Morgan fingerprint density at radius 1 is 1.53 bits per heavy atom. The van der Waals surface area contributed by atoms with Crippen LogP contribution in [-0.4, -0.2) is 6.04 Å². The summed E-state index contributed by atoms with van der Waals surface area (Å²) in [6.07, 6.45) is 3.86. The summed E-state index contributed by atoms with van der Waals surface area (Å²) in [6.45, 7) is 2.65. The Bertz CT molecular complexity index is 432. The van der Waals surface area contributed by atoms with E-state index in [4.69, 9.17) is 5.26 Å². The molecule has 0 aromatic heterocycles. The van der Waals surface area contributed by atoms with E-state index in [1.54, 1.807) is 12.1 Å². The molecule has 1 N–H and O–H groups in total. The second-order valence-electron chi connectivity index (χ2n) is 4.75. The normalized spacial score (nSPS) is 17.2. The van der Waals surface area contributed by atoms with Crippen molar-refractivity contribution in [2.45, 2.75) is 38.8 Å². The molecule has 1 aromatic carbocycles. The van der Waals surface area contributed by atoms with Gasteiger partial charge in [0.25, 0.3) is 0 Å². The summed E-state index contributed by atoms with van der Waals surface area (Å²) in [6, 6.07) is 7.26. The molecule has 0 spiro atoms. The second kappa shape index (κ2) is 5.29. The van der Waals surface area contributed by atoms with Gasteiger partial charge in [0.15, 0.2) is 0 Å². The minimum Gasteiger partial charge on any atom is -0.310 e. The molecular formula is C14H17FN2. The van der Waals surface area contributed by atoms with Gasteiger partial charge in [0, 0.05) is 18.2 Å². The Balaban J connectivity index is 1.96. The van der Waals surface area contributed by atoms with Crippen LogP contribution in [0.5, 0.6) is 0 Å². The lowest BCUT2D eigenvalue weighted by molar-refractivity contribution is 0.239. The van der Waals surface area contributed by atoms with Crippen molar-refractivity contribution in [2.75, 3.05) is 0 Å². The summed E-state index contributed by atoms with van der Waals surface area (Å²) in [7, 11) is 0. The quantitative estimate of drug-likeness (QED) is 0.866. The highest BCUT2D eigenvalue weighted by atomic mass is 19.1. The Morgan fingerprint density at radius 3 is 2.88 bits per heavy atom. The molecule has 1 aliphatic carbocycles. The first-order valence-corrected chi connectivity index (χ1v) is 6.13. The number of rotatable bonds is 4. The maximum atomic E-state index is 13.8. The zero-order valence-corrected chi connectivity index (χ0v) is 10.0. The number of nitrogens with one attached hydrogen (secondary N) is 1. The van der Waals surface area contributed by atoms with E-state index in [9.17, 15) is 4.39 Å². The van der Waals surface area contributed by atoms with Crippen LogP contribution in [0.25, 0.3) is 0 Å². The summed E-state index contributed by atoms with van der Waals surface area (Å²) >= 11 is 0. The molecule has 0 saturated heterocycles. The highest BCUT2D eigenvalue weighted by molar-refractivity contribution is 5.34. The summed E-state index contributed by atoms with van der Waals surface area (Å²) in [5.41, 5.74) is 0.704. The minimum atomic E-state index is -0.386. The van der Waals surface area contributed by atoms with Crippen LogP contribution in [0.4, 0.5) is 4.39 Å². The van der Waals surface area contributed by atoms with Gasteiger partial charge in [-0.2, -0.15) is 5.26 Å². The molecule has 17 heavy (non-hydrogen) atoms. The zero-order valence-electron chi connectivity index (χ0n) is 10.0. The number of nitrogens with zero attached hydrogens (tertiary/aromatic N) is 1. The first-order valence-electron chi connectivity index (χ1n) is 6.13. The Kier molecular flexibility index (Phi) is 3.75. The SMILES string of the molecule is CC(NCc1cccc(C#N)c1F)C1CCC1. The summed E-state index contributed by atoms with van der Waals surface area (Å²) in [5, 5.41) is 12.1. The van der Waals surface area contributed by atoms with Gasteiger partial charge in [-0.1, -0.05) is 18.6 Å². The van der Waals surface area contributed by atoms with Crippen LogP contribution < -0.4 is 5.32 Å². The summed E-state index contributed by atoms with van der Waals surface area (Å²) in [4.78, 5) is 0. The highest BCUT2D eigenvalue weighted by Gasteiger charge is 2.23. The molecule has 2 nitrogen and oxygen atoms in total. The molecule has 3 heteroatoms. The van der Waals surface area contributed by atoms with Gasteiger partial charge >= 0.3 is 0 Å². The van der Waals surface area contributed by atoms with Crippen molar-refractivity contribution in [3.05, 3.63) is 35.1 Å². The fourth-order valence-electron chi connectivity index (χ4n) is 2.18. The molecule has 90 valence electrons. The standard InChI is InChI=1S/C14H17FN2/c1-10(11-4-2-5-11)17-9-13-7-3-6-12(8-16)14(13)15/h3,6-7,10-11,17H,2,4-5,9H2,1H3. The molecule has 1 aromatic rings. The van der Waals surface area contributed by atoms with Gasteiger partial charge in [-0.3, -0.25) is 0 Å². The fourth-order valence-corrected chi connectivity index (χ4v) is 2.18. The van der Waals surface area contributed by atoms with E-state index in [0.717, 1.165) is 5.92 Å². The zero-order chi connectivity index (χ0) is 12.3. The van der Waals surface area contributed by atoms with E-state index >= 15 is 0 Å². The van der Waals surface area contributed by atoms with Gasteiger partial charge in [0.2, 0.25) is 0 Å². The van der Waals surface area contributed by atoms with Crippen LogP contribution in [0, 0.1) is 23.1 Å². The van der Waals surface area contributed by atoms with Crippen LogP contribution in [0.15, 0.2) is 18.2 Å². The van der Waals surface area contributed by atoms with Crippen molar-refractivity contribution in [1.82, 2.24) is 5.32 Å². The molecule has 1 fully saturated rings. The lowest BCUT2D eigenvalue weighted by atomic mass is 9.80. The monoisotopic (exact) mass is 232 g/mol. The number of hydrogen-bond donors (Lipinski definition) is 1. The van der Waals surface area contributed by atoms with Crippen LogP contribution in [0.3, 0.4) is 0 Å². The maximum absolute atomic E-state index is 13.8. The third-order valence-corrected chi connectivity index (χ3v) is 3.67. The number of halogens is 1. The van der Waals surface area contributed by atoms with Gasteiger partial charge in [0.1, 0.15) is 11.9 Å². The fraction of sp³-hybridized carbons (Fsp3) is 0.500. The third kappa shape index (κ3) is 2.65. The van der Waals surface area contributed by atoms with Crippen molar-refractivity contribution in [3.63, 3.8) is 0 Å². The molecule has 0 radical (unpaired) electrons. The van der Waals surface area contributed by atoms with Crippen molar-refractivity contribution in [3.8, 4) is 6.07 Å². The summed E-state index contributed by atoms with van der Waals surface area (Å²) < 4.78 is 13.8. The molecule has 1 aliphatic rings. The molecule has 0 bridgehead atoms. The number of hydrogen-bond acceptors (Lipinski definition) is 2. The maximum Gasteiger partial charge on any atom is 0.145 e. The van der Waals surface area contributed by atoms with E-state index in [-0.39, 0.29) is 11.4 Å². The molecule has 0 heterocycles. The largest absolute Gasteiger partial charge is 0.310 e. The Morgan fingerprint density at radius 2 is 2.29 bits per heavy atom. The topological polar surface area (TPSA) is 35.8 Å². The molecule has 0 amide bonds. The molecule has 1 atom stereocenters. The van der Waals surface area contributed by atoms with Gasteiger partial charge in [-0.25, -0.2) is 4.39 Å². The van der Waals surface area contributed by atoms with Crippen LogP contribution in [0.1, 0.15) is 37.3 Å². The lowest BCUT2D eigenvalue weighted by Crippen LogP contribution is -2.36. The average Bonchev–Trinajstić information content (AvgIpc) is 2.25. The van der Waals surface area contributed by atoms with Crippen molar-refractivity contribution < 1.29 is 4.39 Å². The van der Waals surface area contributed by atoms with E-state index in [1.165, 1.54) is 25.3 Å². The molecule has 1 unspecified atom stereocenters. The van der Waals surface area contributed by atoms with Gasteiger partial charge in [-0.05, 0) is 31.7 Å². The van der Waals surface area contributed by atoms with E-state index in [2.05, 4.69) is 12.2 Å². The molecule has 0 aliphatic heterocycles. The van der Waals surface area contributed by atoms with Crippen LogP contribution in [-0.2, 0) is 6.54 Å². The van der Waals surface area contributed by atoms with Crippen molar-refractivity contribution >= 4 is 0 Å². The van der Waals surface area contributed by atoms with Gasteiger partial charge < -0.3 is 5.32 Å². The predicted molar refractivity (Wildman–Crippen MR) is 64.8 cm³/mol.